The van der Waals surface area contributed by atoms with Crippen molar-refractivity contribution in [2.45, 2.75) is 33.9 Å². The van der Waals surface area contributed by atoms with E-state index in [0.29, 0.717) is 19.6 Å². The van der Waals surface area contributed by atoms with E-state index in [4.69, 9.17) is 9.47 Å². The minimum absolute atomic E-state index is 0.140. The molecular weight excluding hydrogens is 380 g/mol. The Morgan fingerprint density at radius 2 is 1.93 bits per heavy atom. The van der Waals surface area contributed by atoms with Gasteiger partial charge in [-0.1, -0.05) is 18.2 Å². The van der Waals surface area contributed by atoms with E-state index in [0.717, 1.165) is 39.7 Å². The zero-order valence-electron chi connectivity index (χ0n) is 17.5. The number of fused-ring (bicyclic) bond motifs is 1. The van der Waals surface area contributed by atoms with Crippen LogP contribution in [-0.2, 0) is 13.1 Å². The monoisotopic (exact) mass is 406 g/mol. The van der Waals surface area contributed by atoms with E-state index >= 15 is 0 Å². The lowest BCUT2D eigenvalue weighted by Crippen LogP contribution is -2.34. The number of carbonyl (C=O) groups is 1. The number of amides is 2. The van der Waals surface area contributed by atoms with E-state index in [1.54, 1.807) is 4.90 Å². The molecule has 0 atom stereocenters. The highest BCUT2D eigenvalue weighted by Crippen LogP contribution is 2.32. The van der Waals surface area contributed by atoms with Crippen LogP contribution in [0, 0.1) is 13.8 Å². The van der Waals surface area contributed by atoms with Crippen LogP contribution in [-0.4, -0.2) is 34.0 Å². The molecule has 30 heavy (non-hydrogen) atoms. The first-order chi connectivity index (χ1) is 14.5. The van der Waals surface area contributed by atoms with Crippen LogP contribution in [0.15, 0.2) is 48.5 Å². The number of carbonyl (C=O) groups excluding carboxylic acids is 1. The van der Waals surface area contributed by atoms with Crippen molar-refractivity contribution in [3.63, 3.8) is 0 Å². The second-order valence-corrected chi connectivity index (χ2v) is 7.42. The average molecular weight is 406 g/mol. The first kappa shape index (κ1) is 19.8. The van der Waals surface area contributed by atoms with Gasteiger partial charge < -0.3 is 19.7 Å². The van der Waals surface area contributed by atoms with Crippen LogP contribution < -0.4 is 14.8 Å². The molecule has 4 rings (SSSR count). The molecule has 1 aliphatic heterocycles. The third-order valence-corrected chi connectivity index (χ3v) is 5.09. The highest BCUT2D eigenvalue weighted by atomic mass is 16.7. The largest absolute Gasteiger partial charge is 0.454 e. The number of rotatable bonds is 6. The molecule has 0 fully saturated rings. The fraction of sp³-hybridized carbons (Fsp3) is 0.304. The second kappa shape index (κ2) is 8.49. The number of aryl methyl sites for hydroxylation is 2. The highest BCUT2D eigenvalue weighted by Gasteiger charge is 2.17. The Hall–Kier alpha value is -3.48. The van der Waals surface area contributed by atoms with Crippen LogP contribution in [0.5, 0.6) is 11.5 Å². The standard InChI is InChI=1S/C23H26N4O3/c1-4-26(13-19-8-9-21-22(12-19)30-15-29-21)23(28)24-20-7-5-6-18(11-20)14-27-17(3)10-16(2)25-27/h5-12H,4,13-15H2,1-3H3,(H,24,28). The molecule has 0 spiro atoms. The molecule has 0 unspecified atom stereocenters. The van der Waals surface area contributed by atoms with Crippen LogP contribution in [0.25, 0.3) is 0 Å². The van der Waals surface area contributed by atoms with Crippen molar-refractivity contribution in [2.75, 3.05) is 18.7 Å². The molecule has 7 heteroatoms. The van der Waals surface area contributed by atoms with Crippen LogP contribution in [0.3, 0.4) is 0 Å². The molecule has 0 radical (unpaired) electrons. The lowest BCUT2D eigenvalue weighted by molar-refractivity contribution is 0.174. The number of ether oxygens (including phenoxy) is 2. The molecular formula is C23H26N4O3. The van der Waals surface area contributed by atoms with Gasteiger partial charge in [-0.25, -0.2) is 4.79 Å². The molecule has 0 aliphatic carbocycles. The minimum Gasteiger partial charge on any atom is -0.454 e. The maximum Gasteiger partial charge on any atom is 0.322 e. The Balaban J connectivity index is 1.42. The summed E-state index contributed by atoms with van der Waals surface area (Å²) in [5.74, 6) is 1.46. The van der Waals surface area contributed by atoms with Gasteiger partial charge in [-0.3, -0.25) is 4.68 Å². The molecule has 2 aromatic carbocycles. The van der Waals surface area contributed by atoms with Gasteiger partial charge in [-0.15, -0.1) is 0 Å². The number of hydrogen-bond acceptors (Lipinski definition) is 4. The average Bonchev–Trinajstić information content (AvgIpc) is 3.31. The van der Waals surface area contributed by atoms with Crippen LogP contribution in [0.1, 0.15) is 29.4 Å². The smallest absolute Gasteiger partial charge is 0.322 e. The maximum atomic E-state index is 12.9. The summed E-state index contributed by atoms with van der Waals surface area (Å²) in [4.78, 5) is 14.6. The summed E-state index contributed by atoms with van der Waals surface area (Å²) >= 11 is 0. The number of benzene rings is 2. The summed E-state index contributed by atoms with van der Waals surface area (Å²) in [5, 5.41) is 7.52. The summed E-state index contributed by atoms with van der Waals surface area (Å²) in [6, 6.07) is 15.6. The zero-order valence-corrected chi connectivity index (χ0v) is 17.5. The van der Waals surface area contributed by atoms with Crippen molar-refractivity contribution in [3.8, 4) is 11.5 Å². The van der Waals surface area contributed by atoms with E-state index in [9.17, 15) is 4.79 Å². The number of anilines is 1. The summed E-state index contributed by atoms with van der Waals surface area (Å²) < 4.78 is 12.8. The Bertz CT molecular complexity index is 1060. The van der Waals surface area contributed by atoms with Crippen LogP contribution >= 0.6 is 0 Å². The molecule has 1 aliphatic rings. The maximum absolute atomic E-state index is 12.9. The minimum atomic E-state index is -0.140. The SMILES string of the molecule is CCN(Cc1ccc2c(c1)OCO2)C(=O)Nc1cccc(Cn2nc(C)cc2C)c1. The zero-order chi connectivity index (χ0) is 21.1. The molecule has 1 N–H and O–H groups in total. The van der Waals surface area contributed by atoms with Crippen molar-refractivity contribution >= 4 is 11.7 Å². The van der Waals surface area contributed by atoms with Gasteiger partial charge in [-0.2, -0.15) is 5.10 Å². The number of urea groups is 1. The lowest BCUT2D eigenvalue weighted by atomic mass is 10.2. The first-order valence-electron chi connectivity index (χ1n) is 10.1. The number of nitrogens with one attached hydrogen (secondary N) is 1. The lowest BCUT2D eigenvalue weighted by Gasteiger charge is -2.22. The summed E-state index contributed by atoms with van der Waals surface area (Å²) in [6.45, 7) is 7.98. The second-order valence-electron chi connectivity index (χ2n) is 7.42. The predicted molar refractivity (Wildman–Crippen MR) is 115 cm³/mol. The van der Waals surface area contributed by atoms with E-state index < -0.39 is 0 Å². The molecule has 2 amide bonds. The number of hydrogen-bond donors (Lipinski definition) is 1. The van der Waals surface area contributed by atoms with E-state index in [2.05, 4.69) is 16.5 Å². The van der Waals surface area contributed by atoms with E-state index in [1.165, 1.54) is 0 Å². The highest BCUT2D eigenvalue weighted by molar-refractivity contribution is 5.89. The van der Waals surface area contributed by atoms with Gasteiger partial charge in [-0.05, 0) is 62.2 Å². The Kier molecular flexibility index (Phi) is 5.61. The van der Waals surface area contributed by atoms with Crippen molar-refractivity contribution in [3.05, 3.63) is 71.0 Å². The quantitative estimate of drug-likeness (QED) is 0.662. The van der Waals surface area contributed by atoms with Crippen molar-refractivity contribution in [1.82, 2.24) is 14.7 Å². The topological polar surface area (TPSA) is 68.6 Å². The Morgan fingerprint density at radius 1 is 1.10 bits per heavy atom. The van der Waals surface area contributed by atoms with Gasteiger partial charge in [0.25, 0.3) is 0 Å². The molecule has 0 bridgehead atoms. The number of aromatic nitrogens is 2. The van der Waals surface area contributed by atoms with Crippen molar-refractivity contribution in [2.24, 2.45) is 0 Å². The van der Waals surface area contributed by atoms with Gasteiger partial charge in [0.05, 0.1) is 12.2 Å². The molecule has 3 aromatic rings. The van der Waals surface area contributed by atoms with Gasteiger partial charge in [0.1, 0.15) is 0 Å². The van der Waals surface area contributed by atoms with Gasteiger partial charge in [0, 0.05) is 24.5 Å². The molecule has 2 heterocycles. The van der Waals surface area contributed by atoms with E-state index in [1.807, 2.05) is 67.9 Å². The van der Waals surface area contributed by atoms with Gasteiger partial charge in [0.2, 0.25) is 6.79 Å². The summed E-state index contributed by atoms with van der Waals surface area (Å²) in [6.07, 6.45) is 0. The molecule has 7 nitrogen and oxygen atoms in total. The third-order valence-electron chi connectivity index (χ3n) is 5.09. The van der Waals surface area contributed by atoms with Crippen LogP contribution in [0.4, 0.5) is 10.5 Å². The fourth-order valence-corrected chi connectivity index (χ4v) is 3.54. The van der Waals surface area contributed by atoms with Gasteiger partial charge in [0.15, 0.2) is 11.5 Å². The van der Waals surface area contributed by atoms with Crippen LogP contribution in [0.2, 0.25) is 0 Å². The molecule has 1 aromatic heterocycles. The van der Waals surface area contributed by atoms with E-state index in [-0.39, 0.29) is 12.8 Å². The Morgan fingerprint density at radius 3 is 2.70 bits per heavy atom. The summed E-state index contributed by atoms with van der Waals surface area (Å²) in [5.41, 5.74) is 4.96. The van der Waals surface area contributed by atoms with Crippen molar-refractivity contribution < 1.29 is 14.3 Å². The van der Waals surface area contributed by atoms with Crippen molar-refractivity contribution in [1.29, 1.82) is 0 Å². The molecule has 156 valence electrons. The predicted octanol–water partition coefficient (Wildman–Crippen LogP) is 4.33. The summed E-state index contributed by atoms with van der Waals surface area (Å²) in [7, 11) is 0. The first-order valence-corrected chi connectivity index (χ1v) is 10.1. The molecule has 0 saturated carbocycles. The molecule has 0 saturated heterocycles. The Labute approximate surface area is 176 Å². The number of nitrogens with zero attached hydrogens (tertiary/aromatic N) is 3. The normalized spacial score (nSPS) is 12.1. The fourth-order valence-electron chi connectivity index (χ4n) is 3.54. The van der Waals surface area contributed by atoms with Gasteiger partial charge >= 0.3 is 6.03 Å². The third kappa shape index (κ3) is 4.40.